The lowest BCUT2D eigenvalue weighted by Crippen LogP contribution is -2.20. The van der Waals surface area contributed by atoms with Crippen molar-refractivity contribution in [1.29, 1.82) is 0 Å². The van der Waals surface area contributed by atoms with Crippen LogP contribution in [0.1, 0.15) is 336 Å². The highest BCUT2D eigenvalue weighted by Gasteiger charge is 2.30. The summed E-state index contributed by atoms with van der Waals surface area (Å²) in [6.07, 6.45) is 44.8. The SMILES string of the molecule is CCCCCCCCOC(=O)c1ccccc1C(=O)OCCCCCCCC.CCCCCCCCc1c(CCCCCCCC)c(CCCCCCCC)c(C(=O)O)c(C(=O)O)c1CCCCCCCC. The van der Waals surface area contributed by atoms with Gasteiger partial charge in [0.1, 0.15) is 0 Å². The molecule has 0 fully saturated rings. The van der Waals surface area contributed by atoms with E-state index in [1.54, 1.807) is 24.3 Å². The maximum Gasteiger partial charge on any atom is 0.339 e. The Morgan fingerprint density at radius 1 is 0.319 bits per heavy atom. The highest BCUT2D eigenvalue weighted by atomic mass is 16.5. The molecule has 0 heterocycles. The first-order chi connectivity index (χ1) is 35.1. The predicted molar refractivity (Wildman–Crippen MR) is 302 cm³/mol. The van der Waals surface area contributed by atoms with E-state index in [1.165, 1.54) is 152 Å². The number of unbranched alkanes of at least 4 members (excludes halogenated alkanes) is 30. The lowest BCUT2D eigenvalue weighted by molar-refractivity contribution is 0.0450. The van der Waals surface area contributed by atoms with Crippen molar-refractivity contribution in [2.24, 2.45) is 0 Å². The monoisotopic (exact) mass is 1000 g/mol. The molecular formula is C64H108O8. The number of esters is 2. The summed E-state index contributed by atoms with van der Waals surface area (Å²) in [5, 5.41) is 21.2. The van der Waals surface area contributed by atoms with E-state index in [0.29, 0.717) is 37.2 Å². The standard InChI is InChI=1S/C40H70O4.C24H38O4/c1-5-9-13-17-21-25-29-33-34(30-26-22-18-14-10-6-2)36(32-28-24-20-16-12-8-4)38(40(43)44)37(39(41)42)35(33)31-27-23-19-15-11-7-3;1-3-5-7-9-11-15-19-27-23(25)21-17-13-14-18-22(21)24(26)28-20-16-12-10-8-6-4-2/h5-32H2,1-4H3,(H,41,42)(H,43,44);13-14,17-18H,3-12,15-16,19-20H2,1-2H3. The third-order valence-electron chi connectivity index (χ3n) is 14.3. The molecule has 72 heavy (non-hydrogen) atoms. The van der Waals surface area contributed by atoms with E-state index in [9.17, 15) is 29.4 Å². The molecule has 0 amide bonds. The molecule has 2 aromatic rings. The first-order valence-corrected chi connectivity index (χ1v) is 30.2. The van der Waals surface area contributed by atoms with Crippen LogP contribution in [-0.2, 0) is 35.2 Å². The minimum Gasteiger partial charge on any atom is -0.478 e. The van der Waals surface area contributed by atoms with Gasteiger partial charge in [0.05, 0.1) is 35.5 Å². The Balaban J connectivity index is 0.000000795. The van der Waals surface area contributed by atoms with Gasteiger partial charge < -0.3 is 19.7 Å². The van der Waals surface area contributed by atoms with Crippen LogP contribution in [-0.4, -0.2) is 47.3 Å². The number of carbonyl (C=O) groups is 4. The van der Waals surface area contributed by atoms with E-state index < -0.39 is 23.9 Å². The van der Waals surface area contributed by atoms with Crippen LogP contribution >= 0.6 is 0 Å². The van der Waals surface area contributed by atoms with Gasteiger partial charge in [0, 0.05) is 0 Å². The number of aromatic carboxylic acids is 2. The van der Waals surface area contributed by atoms with Crippen LogP contribution < -0.4 is 0 Å². The smallest absolute Gasteiger partial charge is 0.339 e. The molecule has 0 radical (unpaired) electrons. The third kappa shape index (κ3) is 29.9. The molecule has 0 aliphatic heterocycles. The molecule has 2 rings (SSSR count). The Morgan fingerprint density at radius 2 is 0.542 bits per heavy atom. The fourth-order valence-corrected chi connectivity index (χ4v) is 10.0. The van der Waals surface area contributed by atoms with E-state index in [0.717, 1.165) is 114 Å². The Bertz CT molecular complexity index is 1580. The molecule has 8 heteroatoms. The van der Waals surface area contributed by atoms with Crippen molar-refractivity contribution in [2.45, 2.75) is 298 Å². The average molecular weight is 1010 g/mol. The van der Waals surface area contributed by atoms with Crippen LogP contribution in [0.15, 0.2) is 24.3 Å². The highest BCUT2D eigenvalue weighted by molar-refractivity contribution is 6.05. The van der Waals surface area contributed by atoms with Gasteiger partial charge in [-0.3, -0.25) is 0 Å². The summed E-state index contributed by atoms with van der Waals surface area (Å²) in [6, 6.07) is 6.74. The summed E-state index contributed by atoms with van der Waals surface area (Å²) in [5.74, 6) is -2.99. The van der Waals surface area contributed by atoms with Gasteiger partial charge in [-0.05, 0) is 98.6 Å². The highest BCUT2D eigenvalue weighted by Crippen LogP contribution is 2.35. The largest absolute Gasteiger partial charge is 0.478 e. The van der Waals surface area contributed by atoms with Gasteiger partial charge in [-0.1, -0.05) is 246 Å². The first kappa shape index (κ1) is 66.3. The average Bonchev–Trinajstić information content (AvgIpc) is 3.37. The maximum absolute atomic E-state index is 12.9. The Hall–Kier alpha value is -3.68. The minimum absolute atomic E-state index is 0.111. The molecule has 2 aromatic carbocycles. The number of carboxylic acids is 2. The molecule has 0 atom stereocenters. The molecule has 2 N–H and O–H groups in total. The van der Waals surface area contributed by atoms with Crippen LogP contribution in [0.3, 0.4) is 0 Å². The van der Waals surface area contributed by atoms with Gasteiger partial charge in [-0.2, -0.15) is 0 Å². The second-order valence-corrected chi connectivity index (χ2v) is 20.7. The minimum atomic E-state index is -1.05. The van der Waals surface area contributed by atoms with Crippen LogP contribution in [0.2, 0.25) is 0 Å². The topological polar surface area (TPSA) is 127 Å². The zero-order valence-electron chi connectivity index (χ0n) is 47.4. The van der Waals surface area contributed by atoms with Crippen molar-refractivity contribution in [2.75, 3.05) is 13.2 Å². The van der Waals surface area contributed by atoms with E-state index in [4.69, 9.17) is 9.47 Å². The van der Waals surface area contributed by atoms with Gasteiger partial charge in [-0.15, -0.1) is 0 Å². The predicted octanol–water partition coefficient (Wildman–Crippen LogP) is 19.4. The third-order valence-corrected chi connectivity index (χ3v) is 14.3. The zero-order valence-corrected chi connectivity index (χ0v) is 47.4. The van der Waals surface area contributed by atoms with Crippen molar-refractivity contribution in [3.63, 3.8) is 0 Å². The van der Waals surface area contributed by atoms with Gasteiger partial charge in [0.15, 0.2) is 0 Å². The van der Waals surface area contributed by atoms with E-state index in [-0.39, 0.29) is 11.1 Å². The molecule has 412 valence electrons. The molecule has 0 saturated carbocycles. The van der Waals surface area contributed by atoms with Crippen LogP contribution in [0.5, 0.6) is 0 Å². The summed E-state index contributed by atoms with van der Waals surface area (Å²) in [4.78, 5) is 50.6. The summed E-state index contributed by atoms with van der Waals surface area (Å²) in [7, 11) is 0. The number of carbonyl (C=O) groups excluding carboxylic acids is 2. The Kier molecular flexibility index (Phi) is 42.3. The van der Waals surface area contributed by atoms with Gasteiger partial charge in [-0.25, -0.2) is 19.2 Å². The lowest BCUT2D eigenvalue weighted by Gasteiger charge is -2.25. The summed E-state index contributed by atoms with van der Waals surface area (Å²) in [6.45, 7) is 14.1. The van der Waals surface area contributed by atoms with Crippen molar-refractivity contribution in [3.8, 4) is 0 Å². The first-order valence-electron chi connectivity index (χ1n) is 30.2. The fourth-order valence-electron chi connectivity index (χ4n) is 10.0. The lowest BCUT2D eigenvalue weighted by atomic mass is 9.79. The summed E-state index contributed by atoms with van der Waals surface area (Å²) < 4.78 is 10.7. The maximum atomic E-state index is 12.9. The van der Waals surface area contributed by atoms with Crippen LogP contribution in [0, 0.1) is 0 Å². The quantitative estimate of drug-likeness (QED) is 0.0496. The van der Waals surface area contributed by atoms with E-state index in [2.05, 4.69) is 41.5 Å². The van der Waals surface area contributed by atoms with E-state index in [1.807, 2.05) is 0 Å². The van der Waals surface area contributed by atoms with Crippen molar-refractivity contribution in [1.82, 2.24) is 0 Å². The molecule has 0 unspecified atom stereocenters. The molecule has 0 bridgehead atoms. The fraction of sp³-hybridized carbons (Fsp3) is 0.750. The number of hydrogen-bond acceptors (Lipinski definition) is 6. The number of ether oxygens (including phenoxy) is 2. The van der Waals surface area contributed by atoms with Crippen molar-refractivity contribution in [3.05, 3.63) is 68.8 Å². The second kappa shape index (κ2) is 45.9. The number of hydrogen-bond donors (Lipinski definition) is 2. The molecule has 8 nitrogen and oxygen atoms in total. The van der Waals surface area contributed by atoms with Crippen molar-refractivity contribution >= 4 is 23.9 Å². The number of benzene rings is 2. The number of carboxylic acid groups (broad SMARTS) is 2. The van der Waals surface area contributed by atoms with Gasteiger partial charge in [0.25, 0.3) is 0 Å². The molecule has 0 spiro atoms. The Morgan fingerprint density at radius 3 is 0.792 bits per heavy atom. The molecule has 0 aromatic heterocycles. The van der Waals surface area contributed by atoms with E-state index >= 15 is 0 Å². The molecular weight excluding hydrogens is 897 g/mol. The number of rotatable bonds is 46. The van der Waals surface area contributed by atoms with Crippen molar-refractivity contribution < 1.29 is 38.9 Å². The molecule has 0 aliphatic carbocycles. The summed E-state index contributed by atoms with van der Waals surface area (Å²) >= 11 is 0. The normalized spacial score (nSPS) is 11.1. The summed E-state index contributed by atoms with van der Waals surface area (Å²) in [5.41, 5.74) is 4.94. The zero-order chi connectivity index (χ0) is 52.9. The van der Waals surface area contributed by atoms with Crippen LogP contribution in [0.4, 0.5) is 0 Å². The molecule has 0 saturated heterocycles. The molecule has 0 aliphatic rings. The van der Waals surface area contributed by atoms with Gasteiger partial charge >= 0.3 is 23.9 Å². The Labute approximate surface area is 441 Å². The second-order valence-electron chi connectivity index (χ2n) is 20.7. The van der Waals surface area contributed by atoms with Gasteiger partial charge in [0.2, 0.25) is 0 Å². The van der Waals surface area contributed by atoms with Crippen LogP contribution in [0.25, 0.3) is 0 Å².